The summed E-state index contributed by atoms with van der Waals surface area (Å²) >= 11 is 0. The molecule has 0 bridgehead atoms. The lowest BCUT2D eigenvalue weighted by atomic mass is 10.0. The molecule has 5 N–H and O–H groups in total. The quantitative estimate of drug-likeness (QED) is 0.387. The molecule has 0 aromatic heterocycles. The first-order valence-corrected chi connectivity index (χ1v) is 9.07. The van der Waals surface area contributed by atoms with Crippen LogP contribution < -0.4 is 15.8 Å². The minimum absolute atomic E-state index is 0.0622. The third-order valence-corrected chi connectivity index (χ3v) is 4.39. The number of phenols is 1. The van der Waals surface area contributed by atoms with Crippen LogP contribution in [0, 0.1) is 0 Å². The minimum Gasteiger partial charge on any atom is -0.504 e. The van der Waals surface area contributed by atoms with Crippen LogP contribution in [0.25, 0.3) is 0 Å². The largest absolute Gasteiger partial charge is 0.504 e. The van der Waals surface area contributed by atoms with Gasteiger partial charge in [0.15, 0.2) is 11.5 Å². The second-order valence-electron chi connectivity index (χ2n) is 6.75. The number of aliphatic hydroxyl groups is 1. The number of phenolic OH excluding ortho intramolecular Hbond substituents is 1. The minimum atomic E-state index is -0.811. The van der Waals surface area contributed by atoms with Crippen LogP contribution in [-0.2, 0) is 11.2 Å². The molecule has 7 heteroatoms. The fourth-order valence-electron chi connectivity index (χ4n) is 2.73. The van der Waals surface area contributed by atoms with Crippen molar-refractivity contribution in [2.24, 2.45) is 5.73 Å². The van der Waals surface area contributed by atoms with Gasteiger partial charge in [0.1, 0.15) is 0 Å². The monoisotopic (exact) mass is 386 g/mol. The molecule has 2 aromatic carbocycles. The summed E-state index contributed by atoms with van der Waals surface area (Å²) in [5.41, 5.74) is 7.34. The van der Waals surface area contributed by atoms with Crippen molar-refractivity contribution in [3.05, 3.63) is 59.2 Å². The molecular formula is C21H26N2O5. The number of esters is 1. The number of hydrogen-bond donors (Lipinski definition) is 4. The zero-order valence-corrected chi connectivity index (χ0v) is 16.0. The number of rotatable bonds is 9. The Morgan fingerprint density at radius 3 is 2.43 bits per heavy atom. The second kappa shape index (κ2) is 9.87. The van der Waals surface area contributed by atoms with Gasteiger partial charge in [-0.1, -0.05) is 18.2 Å². The van der Waals surface area contributed by atoms with Gasteiger partial charge in [0.2, 0.25) is 5.91 Å². The molecule has 0 radical (unpaired) electrons. The molecular weight excluding hydrogens is 360 g/mol. The van der Waals surface area contributed by atoms with Gasteiger partial charge in [0.05, 0.1) is 6.10 Å². The molecule has 0 heterocycles. The van der Waals surface area contributed by atoms with Gasteiger partial charge in [0.25, 0.3) is 0 Å². The van der Waals surface area contributed by atoms with Gasteiger partial charge >= 0.3 is 5.97 Å². The Kier molecular flexibility index (Phi) is 7.54. The maximum atomic E-state index is 11.1. The Balaban J connectivity index is 1.81. The lowest BCUT2D eigenvalue weighted by Gasteiger charge is -2.18. The molecule has 2 rings (SSSR count). The maximum Gasteiger partial charge on any atom is 0.308 e. The van der Waals surface area contributed by atoms with Gasteiger partial charge in [0, 0.05) is 25.1 Å². The number of hydrogen-bond acceptors (Lipinski definition) is 6. The number of carbonyl (C=O) groups is 2. The van der Waals surface area contributed by atoms with Gasteiger partial charge in [-0.05, 0) is 55.2 Å². The molecule has 0 spiro atoms. The van der Waals surface area contributed by atoms with Crippen LogP contribution >= 0.6 is 0 Å². The number of nitrogens with two attached hydrogens (primary N) is 1. The number of aryl methyl sites for hydroxylation is 1. The van der Waals surface area contributed by atoms with Crippen molar-refractivity contribution in [2.75, 3.05) is 6.54 Å². The van der Waals surface area contributed by atoms with Gasteiger partial charge in [-0.15, -0.1) is 0 Å². The highest BCUT2D eigenvalue weighted by Gasteiger charge is 2.13. The number of nitrogens with one attached hydrogen (secondary N) is 1. The second-order valence-corrected chi connectivity index (χ2v) is 6.75. The molecule has 2 unspecified atom stereocenters. The van der Waals surface area contributed by atoms with Crippen LogP contribution in [-0.4, -0.2) is 34.7 Å². The Labute approximate surface area is 164 Å². The van der Waals surface area contributed by atoms with E-state index in [0.717, 1.165) is 18.4 Å². The van der Waals surface area contributed by atoms with E-state index in [4.69, 9.17) is 10.5 Å². The first-order valence-electron chi connectivity index (χ1n) is 9.07. The van der Waals surface area contributed by atoms with E-state index < -0.39 is 18.0 Å². The van der Waals surface area contributed by atoms with Crippen LogP contribution in [0.15, 0.2) is 42.5 Å². The SMILES string of the molecule is CC(=O)Oc1ccc(C(O)CNC(C)CCc2ccc(C(N)=O)cc2)cc1O. The van der Waals surface area contributed by atoms with Gasteiger partial charge in [-0.3, -0.25) is 9.59 Å². The molecule has 0 aliphatic heterocycles. The fourth-order valence-corrected chi connectivity index (χ4v) is 2.73. The standard InChI is InChI=1S/C21H26N2O5/c1-13(3-4-15-5-7-16(8-6-15)21(22)27)23-12-19(26)17-9-10-20(18(25)11-17)28-14(2)24/h5-11,13,19,23,25-26H,3-4,12H2,1-2H3,(H2,22,27). The number of ether oxygens (including phenoxy) is 1. The van der Waals surface area contributed by atoms with Gasteiger partial charge in [-0.2, -0.15) is 0 Å². The molecule has 0 fully saturated rings. The number of primary amides is 1. The van der Waals surface area contributed by atoms with Crippen molar-refractivity contribution in [1.29, 1.82) is 0 Å². The van der Waals surface area contributed by atoms with E-state index in [2.05, 4.69) is 5.32 Å². The van der Waals surface area contributed by atoms with Crippen molar-refractivity contribution in [3.63, 3.8) is 0 Å². The lowest BCUT2D eigenvalue weighted by Crippen LogP contribution is -2.30. The van der Waals surface area contributed by atoms with E-state index in [1.165, 1.54) is 19.1 Å². The molecule has 1 amide bonds. The molecule has 2 atom stereocenters. The summed E-state index contributed by atoms with van der Waals surface area (Å²) < 4.78 is 4.86. The number of amides is 1. The number of aromatic hydroxyl groups is 1. The Morgan fingerprint density at radius 2 is 1.86 bits per heavy atom. The maximum absolute atomic E-state index is 11.1. The molecule has 7 nitrogen and oxygen atoms in total. The number of aliphatic hydroxyl groups excluding tert-OH is 1. The molecule has 0 aliphatic carbocycles. The van der Waals surface area contributed by atoms with Crippen LogP contribution in [0.5, 0.6) is 11.5 Å². The zero-order valence-electron chi connectivity index (χ0n) is 16.0. The first-order chi connectivity index (χ1) is 13.3. The zero-order chi connectivity index (χ0) is 20.7. The Bertz CT molecular complexity index is 820. The van der Waals surface area contributed by atoms with Crippen LogP contribution in [0.4, 0.5) is 0 Å². The first kappa shape index (κ1) is 21.4. The Morgan fingerprint density at radius 1 is 1.18 bits per heavy atom. The number of carbonyl (C=O) groups excluding carboxylic acids is 2. The highest BCUT2D eigenvalue weighted by Crippen LogP contribution is 2.29. The summed E-state index contributed by atoms with van der Waals surface area (Å²) in [6, 6.07) is 11.8. The fraction of sp³-hybridized carbons (Fsp3) is 0.333. The molecule has 0 saturated carbocycles. The van der Waals surface area contributed by atoms with E-state index in [-0.39, 0.29) is 17.5 Å². The third kappa shape index (κ3) is 6.37. The summed E-state index contributed by atoms with van der Waals surface area (Å²) in [5, 5.41) is 23.5. The van der Waals surface area contributed by atoms with Crippen molar-refractivity contribution >= 4 is 11.9 Å². The predicted octanol–water partition coefficient (Wildman–Crippen LogP) is 2.06. The Hall–Kier alpha value is -2.90. The summed E-state index contributed by atoms with van der Waals surface area (Å²) in [6.07, 6.45) is 0.857. The van der Waals surface area contributed by atoms with E-state index in [9.17, 15) is 19.8 Å². The topological polar surface area (TPSA) is 122 Å². The molecule has 0 saturated heterocycles. The average molecular weight is 386 g/mol. The molecule has 0 aliphatic rings. The van der Waals surface area contributed by atoms with Crippen LogP contribution in [0.1, 0.15) is 47.9 Å². The normalized spacial score (nSPS) is 13.0. The summed E-state index contributed by atoms with van der Waals surface area (Å²) in [4.78, 5) is 22.0. The van der Waals surface area contributed by atoms with E-state index in [1.807, 2.05) is 19.1 Å². The predicted molar refractivity (Wildman–Crippen MR) is 105 cm³/mol. The third-order valence-electron chi connectivity index (χ3n) is 4.39. The summed E-state index contributed by atoms with van der Waals surface area (Å²) in [5.74, 6) is -1.10. The van der Waals surface area contributed by atoms with E-state index in [0.29, 0.717) is 17.7 Å². The van der Waals surface area contributed by atoms with Crippen molar-refractivity contribution < 1.29 is 24.5 Å². The molecule has 28 heavy (non-hydrogen) atoms. The lowest BCUT2D eigenvalue weighted by molar-refractivity contribution is -0.132. The van der Waals surface area contributed by atoms with Crippen molar-refractivity contribution in [1.82, 2.24) is 5.32 Å². The van der Waals surface area contributed by atoms with Crippen LogP contribution in [0.3, 0.4) is 0 Å². The van der Waals surface area contributed by atoms with Gasteiger partial charge < -0.3 is 26.0 Å². The van der Waals surface area contributed by atoms with Crippen molar-refractivity contribution in [3.8, 4) is 11.5 Å². The highest BCUT2D eigenvalue weighted by molar-refractivity contribution is 5.92. The number of benzene rings is 2. The summed E-state index contributed by atoms with van der Waals surface area (Å²) in [6.45, 7) is 3.58. The van der Waals surface area contributed by atoms with E-state index in [1.54, 1.807) is 18.2 Å². The molecule has 150 valence electrons. The molecule has 2 aromatic rings. The highest BCUT2D eigenvalue weighted by atomic mass is 16.5. The average Bonchev–Trinajstić information content (AvgIpc) is 2.66. The van der Waals surface area contributed by atoms with Gasteiger partial charge in [-0.25, -0.2) is 0 Å². The van der Waals surface area contributed by atoms with E-state index >= 15 is 0 Å². The smallest absolute Gasteiger partial charge is 0.308 e. The van der Waals surface area contributed by atoms with Crippen molar-refractivity contribution in [2.45, 2.75) is 38.8 Å². The van der Waals surface area contributed by atoms with Crippen LogP contribution in [0.2, 0.25) is 0 Å². The summed E-state index contributed by atoms with van der Waals surface area (Å²) in [7, 11) is 0.